The second-order valence-corrected chi connectivity index (χ2v) is 10.1. The van der Waals surface area contributed by atoms with Crippen LogP contribution < -0.4 is 0 Å². The van der Waals surface area contributed by atoms with Gasteiger partial charge in [0.05, 0.1) is 25.8 Å². The lowest BCUT2D eigenvalue weighted by atomic mass is 9.97. The SMILES string of the molecule is O=C(c1nc(-c2cccs2)n(-c2ccccc2)n1)N1CCC(c2nc3ccccc3s2)CC1. The molecule has 1 aliphatic rings. The average Bonchev–Trinajstić information content (AvgIpc) is 3.63. The van der Waals surface area contributed by atoms with E-state index in [0.29, 0.717) is 24.8 Å². The van der Waals surface area contributed by atoms with E-state index in [4.69, 9.17) is 4.98 Å². The molecule has 3 aromatic heterocycles. The Labute approximate surface area is 199 Å². The van der Waals surface area contributed by atoms with Crippen LogP contribution >= 0.6 is 22.7 Å². The minimum absolute atomic E-state index is 0.106. The van der Waals surface area contributed by atoms with Crippen LogP contribution in [0.1, 0.15) is 34.4 Å². The second-order valence-electron chi connectivity index (χ2n) is 8.07. The quantitative estimate of drug-likeness (QED) is 0.341. The Kier molecular flexibility index (Phi) is 5.24. The first kappa shape index (κ1) is 20.3. The summed E-state index contributed by atoms with van der Waals surface area (Å²) in [6.07, 6.45) is 1.81. The number of carbonyl (C=O) groups is 1. The van der Waals surface area contributed by atoms with Crippen molar-refractivity contribution < 1.29 is 4.79 Å². The lowest BCUT2D eigenvalue weighted by Crippen LogP contribution is -2.38. The smallest absolute Gasteiger partial charge is 0.293 e. The third-order valence-corrected chi connectivity index (χ3v) is 8.05. The van der Waals surface area contributed by atoms with Crippen LogP contribution in [-0.2, 0) is 0 Å². The predicted molar refractivity (Wildman–Crippen MR) is 132 cm³/mol. The van der Waals surface area contributed by atoms with Gasteiger partial charge in [-0.25, -0.2) is 14.6 Å². The maximum absolute atomic E-state index is 13.3. The molecule has 164 valence electrons. The summed E-state index contributed by atoms with van der Waals surface area (Å²) in [4.78, 5) is 25.7. The topological polar surface area (TPSA) is 63.9 Å². The van der Waals surface area contributed by atoms with E-state index in [0.717, 1.165) is 28.9 Å². The summed E-state index contributed by atoms with van der Waals surface area (Å²) in [7, 11) is 0. The standard InChI is InChI=1S/C25H21N5OS2/c31-25(29-14-12-17(13-15-29)24-26-19-9-4-5-10-20(19)33-24)22-27-23(21-11-6-16-32-21)30(28-22)18-7-2-1-3-8-18/h1-11,16-17H,12-15H2. The maximum atomic E-state index is 13.3. The van der Waals surface area contributed by atoms with E-state index in [1.165, 1.54) is 9.71 Å². The molecule has 6 nitrogen and oxygen atoms in total. The predicted octanol–water partition coefficient (Wildman–Crippen LogP) is 5.63. The van der Waals surface area contributed by atoms with Gasteiger partial charge in [0.2, 0.25) is 5.82 Å². The fraction of sp³-hybridized carbons (Fsp3) is 0.200. The zero-order chi connectivity index (χ0) is 22.2. The number of rotatable bonds is 4. The summed E-state index contributed by atoms with van der Waals surface area (Å²) in [5.74, 6) is 1.23. The molecule has 1 saturated heterocycles. The van der Waals surface area contributed by atoms with Gasteiger partial charge in [-0.1, -0.05) is 36.4 Å². The molecule has 0 bridgehead atoms. The highest BCUT2D eigenvalue weighted by atomic mass is 32.1. The van der Waals surface area contributed by atoms with Gasteiger partial charge >= 0.3 is 0 Å². The number of piperidine rings is 1. The van der Waals surface area contributed by atoms with Crippen molar-refractivity contribution in [3.8, 4) is 16.4 Å². The number of fused-ring (bicyclic) bond motifs is 1. The molecule has 0 saturated carbocycles. The third-order valence-electron chi connectivity index (χ3n) is 5.98. The number of thiazole rings is 1. The van der Waals surface area contributed by atoms with Crippen LogP contribution in [0.3, 0.4) is 0 Å². The molecule has 1 aliphatic heterocycles. The molecule has 0 N–H and O–H groups in total. The van der Waals surface area contributed by atoms with Gasteiger partial charge in [0.25, 0.3) is 5.91 Å². The number of benzene rings is 2. The Balaban J connectivity index is 1.23. The second kappa shape index (κ2) is 8.53. The van der Waals surface area contributed by atoms with Gasteiger partial charge in [-0.15, -0.1) is 27.8 Å². The van der Waals surface area contributed by atoms with Gasteiger partial charge in [0.15, 0.2) is 5.82 Å². The van der Waals surface area contributed by atoms with Crippen molar-refractivity contribution >= 4 is 38.8 Å². The molecule has 5 aromatic rings. The minimum Gasteiger partial charge on any atom is -0.336 e. The van der Waals surface area contributed by atoms with Crippen LogP contribution in [0.4, 0.5) is 0 Å². The van der Waals surface area contributed by atoms with Crippen LogP contribution in [0.2, 0.25) is 0 Å². The zero-order valence-electron chi connectivity index (χ0n) is 17.8. The number of aromatic nitrogens is 4. The first-order valence-electron chi connectivity index (χ1n) is 11.0. The molecule has 33 heavy (non-hydrogen) atoms. The molecule has 1 fully saturated rings. The zero-order valence-corrected chi connectivity index (χ0v) is 19.4. The highest BCUT2D eigenvalue weighted by Crippen LogP contribution is 2.34. The van der Waals surface area contributed by atoms with Crippen molar-refractivity contribution in [3.63, 3.8) is 0 Å². The number of thiophene rings is 1. The molecule has 0 aliphatic carbocycles. The van der Waals surface area contributed by atoms with E-state index in [2.05, 4.69) is 28.3 Å². The number of carbonyl (C=O) groups excluding carboxylic acids is 1. The van der Waals surface area contributed by atoms with E-state index in [-0.39, 0.29) is 11.7 Å². The Morgan fingerprint density at radius 3 is 2.45 bits per heavy atom. The molecule has 8 heteroatoms. The molecular formula is C25H21N5OS2. The summed E-state index contributed by atoms with van der Waals surface area (Å²) < 4.78 is 3.00. The summed E-state index contributed by atoms with van der Waals surface area (Å²) in [6.45, 7) is 1.38. The van der Waals surface area contributed by atoms with Crippen LogP contribution in [0.25, 0.3) is 26.6 Å². The molecule has 0 spiro atoms. The van der Waals surface area contributed by atoms with Gasteiger partial charge in [-0.05, 0) is 48.6 Å². The Morgan fingerprint density at radius 1 is 0.909 bits per heavy atom. The van der Waals surface area contributed by atoms with Crippen molar-refractivity contribution in [3.05, 3.63) is 82.9 Å². The van der Waals surface area contributed by atoms with Crippen LogP contribution in [0.15, 0.2) is 72.1 Å². The number of hydrogen-bond acceptors (Lipinski definition) is 6. The molecular weight excluding hydrogens is 450 g/mol. The first-order valence-corrected chi connectivity index (χ1v) is 12.7. The molecule has 4 heterocycles. The van der Waals surface area contributed by atoms with Crippen molar-refractivity contribution in [2.75, 3.05) is 13.1 Å². The number of hydrogen-bond donors (Lipinski definition) is 0. The molecule has 2 aromatic carbocycles. The van der Waals surface area contributed by atoms with Gasteiger partial charge in [0, 0.05) is 19.0 Å². The summed E-state index contributed by atoms with van der Waals surface area (Å²) in [6, 6.07) is 22.1. The Bertz CT molecular complexity index is 1370. The Hall–Kier alpha value is -3.36. The van der Waals surface area contributed by atoms with Crippen molar-refractivity contribution in [1.29, 1.82) is 0 Å². The molecule has 0 atom stereocenters. The van der Waals surface area contributed by atoms with Crippen molar-refractivity contribution in [2.24, 2.45) is 0 Å². The number of para-hydroxylation sites is 2. The van der Waals surface area contributed by atoms with Gasteiger partial charge in [-0.2, -0.15) is 0 Å². The first-order chi connectivity index (χ1) is 16.3. The largest absolute Gasteiger partial charge is 0.336 e. The fourth-order valence-electron chi connectivity index (χ4n) is 4.25. The van der Waals surface area contributed by atoms with Gasteiger partial charge in [0.1, 0.15) is 0 Å². The maximum Gasteiger partial charge on any atom is 0.293 e. The third kappa shape index (κ3) is 3.85. The molecule has 6 rings (SSSR count). The van der Waals surface area contributed by atoms with Crippen LogP contribution in [-0.4, -0.2) is 43.6 Å². The lowest BCUT2D eigenvalue weighted by Gasteiger charge is -2.30. The summed E-state index contributed by atoms with van der Waals surface area (Å²) in [5.41, 5.74) is 1.95. The summed E-state index contributed by atoms with van der Waals surface area (Å²) >= 11 is 3.36. The monoisotopic (exact) mass is 471 g/mol. The average molecular weight is 472 g/mol. The van der Waals surface area contributed by atoms with Gasteiger partial charge < -0.3 is 4.90 Å². The molecule has 0 radical (unpaired) electrons. The van der Waals surface area contributed by atoms with Crippen LogP contribution in [0.5, 0.6) is 0 Å². The van der Waals surface area contributed by atoms with Gasteiger partial charge in [-0.3, -0.25) is 4.79 Å². The van der Waals surface area contributed by atoms with E-state index in [1.807, 2.05) is 58.8 Å². The number of amides is 1. The fourth-order valence-corrected chi connectivity index (χ4v) is 6.09. The van der Waals surface area contributed by atoms with E-state index < -0.39 is 0 Å². The van der Waals surface area contributed by atoms with E-state index >= 15 is 0 Å². The minimum atomic E-state index is -0.106. The number of likely N-dealkylation sites (tertiary alicyclic amines) is 1. The highest BCUT2D eigenvalue weighted by Gasteiger charge is 2.29. The Morgan fingerprint density at radius 2 is 1.70 bits per heavy atom. The molecule has 1 amide bonds. The lowest BCUT2D eigenvalue weighted by molar-refractivity contribution is 0.0700. The molecule has 0 unspecified atom stereocenters. The van der Waals surface area contributed by atoms with E-state index in [9.17, 15) is 4.79 Å². The van der Waals surface area contributed by atoms with E-state index in [1.54, 1.807) is 27.4 Å². The highest BCUT2D eigenvalue weighted by molar-refractivity contribution is 7.18. The number of nitrogens with zero attached hydrogens (tertiary/aromatic N) is 5. The van der Waals surface area contributed by atoms with Crippen molar-refractivity contribution in [1.82, 2.24) is 24.6 Å². The normalized spacial score (nSPS) is 14.7. The summed E-state index contributed by atoms with van der Waals surface area (Å²) in [5, 5.41) is 7.81. The van der Waals surface area contributed by atoms with Crippen LogP contribution in [0, 0.1) is 0 Å². The van der Waals surface area contributed by atoms with Crippen molar-refractivity contribution in [2.45, 2.75) is 18.8 Å².